The van der Waals surface area contributed by atoms with Gasteiger partial charge >= 0.3 is 0 Å². The number of nitrogens with zero attached hydrogens (tertiary/aromatic N) is 3. The van der Waals surface area contributed by atoms with Crippen molar-refractivity contribution in [2.24, 2.45) is 0 Å². The summed E-state index contributed by atoms with van der Waals surface area (Å²) in [5.41, 5.74) is 1.82. The SMILES string of the molecule is COc1ccc(-n2c(SCCOc3ccc(Cl)cc3)nnc2-c2ccccc2)cc1Cl. The van der Waals surface area contributed by atoms with Gasteiger partial charge in [-0.05, 0) is 42.5 Å². The van der Waals surface area contributed by atoms with Gasteiger partial charge in [0, 0.05) is 16.3 Å². The molecule has 0 radical (unpaired) electrons. The second-order valence-corrected chi connectivity index (χ2v) is 8.38. The molecule has 1 heterocycles. The molecule has 0 aliphatic heterocycles. The van der Waals surface area contributed by atoms with Gasteiger partial charge in [0.1, 0.15) is 11.5 Å². The van der Waals surface area contributed by atoms with Crippen molar-refractivity contribution in [2.75, 3.05) is 19.5 Å². The van der Waals surface area contributed by atoms with E-state index in [9.17, 15) is 0 Å². The Kier molecular flexibility index (Phi) is 7.02. The van der Waals surface area contributed by atoms with Crippen LogP contribution in [0.3, 0.4) is 0 Å². The zero-order chi connectivity index (χ0) is 21.6. The third kappa shape index (κ3) is 5.15. The Morgan fingerprint density at radius 3 is 2.42 bits per heavy atom. The zero-order valence-corrected chi connectivity index (χ0v) is 19.0. The second-order valence-electron chi connectivity index (χ2n) is 6.48. The number of rotatable bonds is 8. The van der Waals surface area contributed by atoms with Crippen LogP contribution in [0.1, 0.15) is 0 Å². The number of thioether (sulfide) groups is 1. The predicted molar refractivity (Wildman–Crippen MR) is 126 cm³/mol. The first-order chi connectivity index (χ1) is 15.2. The van der Waals surface area contributed by atoms with E-state index < -0.39 is 0 Å². The van der Waals surface area contributed by atoms with E-state index in [1.54, 1.807) is 31.0 Å². The average Bonchev–Trinajstić information content (AvgIpc) is 3.22. The fourth-order valence-corrected chi connectivity index (χ4v) is 4.13. The highest BCUT2D eigenvalue weighted by Crippen LogP contribution is 2.32. The minimum absolute atomic E-state index is 0.517. The Bertz CT molecular complexity index is 1150. The van der Waals surface area contributed by atoms with Gasteiger partial charge in [-0.2, -0.15) is 0 Å². The van der Waals surface area contributed by atoms with E-state index in [2.05, 4.69) is 10.2 Å². The monoisotopic (exact) mass is 471 g/mol. The van der Waals surface area contributed by atoms with Gasteiger partial charge in [0.05, 0.1) is 24.4 Å². The molecule has 8 heteroatoms. The van der Waals surface area contributed by atoms with Gasteiger partial charge in [-0.1, -0.05) is 65.3 Å². The number of ether oxygens (including phenoxy) is 2. The van der Waals surface area contributed by atoms with Crippen LogP contribution in [0.4, 0.5) is 0 Å². The molecule has 0 spiro atoms. The molecule has 0 saturated carbocycles. The van der Waals surface area contributed by atoms with Gasteiger partial charge < -0.3 is 9.47 Å². The van der Waals surface area contributed by atoms with Crippen molar-refractivity contribution in [3.05, 3.63) is 82.8 Å². The van der Waals surface area contributed by atoms with Crippen molar-refractivity contribution in [1.29, 1.82) is 0 Å². The van der Waals surface area contributed by atoms with Gasteiger partial charge in [-0.15, -0.1) is 10.2 Å². The summed E-state index contributed by atoms with van der Waals surface area (Å²) in [6.45, 7) is 0.517. The Hall–Kier alpha value is -2.67. The number of aromatic nitrogens is 3. The molecule has 0 fully saturated rings. The first-order valence-electron chi connectivity index (χ1n) is 9.51. The highest BCUT2D eigenvalue weighted by molar-refractivity contribution is 7.99. The van der Waals surface area contributed by atoms with Crippen LogP contribution in [-0.4, -0.2) is 34.2 Å². The molecule has 0 saturated heterocycles. The van der Waals surface area contributed by atoms with E-state index in [-0.39, 0.29) is 0 Å². The fraction of sp³-hybridized carbons (Fsp3) is 0.130. The number of benzene rings is 3. The summed E-state index contributed by atoms with van der Waals surface area (Å²) in [4.78, 5) is 0. The van der Waals surface area contributed by atoms with Crippen LogP contribution >= 0.6 is 35.0 Å². The minimum Gasteiger partial charge on any atom is -0.495 e. The summed E-state index contributed by atoms with van der Waals surface area (Å²) in [6, 6.07) is 22.9. The van der Waals surface area contributed by atoms with Crippen LogP contribution in [0.25, 0.3) is 17.1 Å². The van der Waals surface area contributed by atoms with Crippen molar-refractivity contribution < 1.29 is 9.47 Å². The van der Waals surface area contributed by atoms with Gasteiger partial charge in [0.15, 0.2) is 11.0 Å². The zero-order valence-electron chi connectivity index (χ0n) is 16.7. The number of halogens is 2. The molecule has 0 aliphatic carbocycles. The van der Waals surface area contributed by atoms with E-state index in [1.165, 1.54) is 0 Å². The summed E-state index contributed by atoms with van der Waals surface area (Å²) >= 11 is 13.9. The van der Waals surface area contributed by atoms with E-state index in [0.717, 1.165) is 28.0 Å². The molecule has 0 unspecified atom stereocenters. The van der Waals surface area contributed by atoms with Crippen molar-refractivity contribution in [2.45, 2.75) is 5.16 Å². The average molecular weight is 472 g/mol. The maximum absolute atomic E-state index is 6.39. The lowest BCUT2D eigenvalue weighted by atomic mass is 10.2. The normalized spacial score (nSPS) is 10.8. The molecule has 158 valence electrons. The first kappa shape index (κ1) is 21.6. The van der Waals surface area contributed by atoms with Crippen LogP contribution in [0.15, 0.2) is 78.0 Å². The lowest BCUT2D eigenvalue weighted by Gasteiger charge is -2.12. The molecule has 31 heavy (non-hydrogen) atoms. The molecular formula is C23H19Cl2N3O2S. The molecule has 1 aromatic heterocycles. The van der Waals surface area contributed by atoms with Crippen LogP contribution in [0.5, 0.6) is 11.5 Å². The second kappa shape index (κ2) is 10.1. The topological polar surface area (TPSA) is 49.2 Å². The van der Waals surface area contributed by atoms with Crippen LogP contribution < -0.4 is 9.47 Å². The third-order valence-electron chi connectivity index (χ3n) is 4.46. The highest BCUT2D eigenvalue weighted by Gasteiger charge is 2.17. The molecule has 0 aliphatic rings. The molecule has 0 bridgehead atoms. The summed E-state index contributed by atoms with van der Waals surface area (Å²) in [6.07, 6.45) is 0. The standard InChI is InChI=1S/C23H19Cl2N3O2S/c1-29-21-12-9-18(15-20(21)25)28-22(16-5-3-2-4-6-16)26-27-23(28)31-14-13-30-19-10-7-17(24)8-11-19/h2-12,15H,13-14H2,1H3. The molecule has 0 amide bonds. The first-order valence-corrected chi connectivity index (χ1v) is 11.3. The lowest BCUT2D eigenvalue weighted by Crippen LogP contribution is -2.03. The molecule has 5 nitrogen and oxygen atoms in total. The van der Waals surface area contributed by atoms with Crippen molar-refractivity contribution in [3.63, 3.8) is 0 Å². The smallest absolute Gasteiger partial charge is 0.196 e. The largest absolute Gasteiger partial charge is 0.495 e. The Balaban J connectivity index is 1.58. The van der Waals surface area contributed by atoms with Gasteiger partial charge in [0.2, 0.25) is 0 Å². The predicted octanol–water partition coefficient (Wildman–Crippen LogP) is 6.42. The summed E-state index contributed by atoms with van der Waals surface area (Å²) in [5.74, 6) is 2.83. The Labute approximate surface area is 194 Å². The third-order valence-corrected chi connectivity index (χ3v) is 5.90. The minimum atomic E-state index is 0.517. The number of hydrogen-bond acceptors (Lipinski definition) is 5. The van der Waals surface area contributed by atoms with Gasteiger partial charge in [-0.3, -0.25) is 4.57 Å². The summed E-state index contributed by atoms with van der Waals surface area (Å²) in [7, 11) is 1.59. The molecule has 4 aromatic rings. The molecule has 0 N–H and O–H groups in total. The fourth-order valence-electron chi connectivity index (χ4n) is 2.99. The van der Waals surface area contributed by atoms with E-state index in [1.807, 2.05) is 65.2 Å². The lowest BCUT2D eigenvalue weighted by molar-refractivity contribution is 0.344. The number of methoxy groups -OCH3 is 1. The summed E-state index contributed by atoms with van der Waals surface area (Å²) < 4.78 is 13.1. The quantitative estimate of drug-likeness (QED) is 0.219. The maximum atomic E-state index is 6.39. The van der Waals surface area contributed by atoms with Gasteiger partial charge in [0.25, 0.3) is 0 Å². The van der Waals surface area contributed by atoms with E-state index in [0.29, 0.717) is 28.2 Å². The van der Waals surface area contributed by atoms with Crippen LogP contribution in [0, 0.1) is 0 Å². The molecule has 0 atom stereocenters. The molecule has 4 rings (SSSR count). The van der Waals surface area contributed by atoms with Crippen molar-refractivity contribution >= 4 is 35.0 Å². The maximum Gasteiger partial charge on any atom is 0.196 e. The summed E-state index contributed by atoms with van der Waals surface area (Å²) in [5, 5.41) is 10.8. The van der Waals surface area contributed by atoms with Crippen molar-refractivity contribution in [1.82, 2.24) is 14.8 Å². The molecule has 3 aromatic carbocycles. The number of hydrogen-bond donors (Lipinski definition) is 0. The van der Waals surface area contributed by atoms with Crippen LogP contribution in [-0.2, 0) is 0 Å². The highest BCUT2D eigenvalue weighted by atomic mass is 35.5. The van der Waals surface area contributed by atoms with E-state index in [4.69, 9.17) is 32.7 Å². The van der Waals surface area contributed by atoms with Gasteiger partial charge in [-0.25, -0.2) is 0 Å². The van der Waals surface area contributed by atoms with E-state index >= 15 is 0 Å². The Morgan fingerprint density at radius 1 is 0.935 bits per heavy atom. The molecular weight excluding hydrogens is 453 g/mol. The van der Waals surface area contributed by atoms with Crippen molar-refractivity contribution in [3.8, 4) is 28.6 Å². The Morgan fingerprint density at radius 2 is 1.71 bits per heavy atom. The van der Waals surface area contributed by atoms with Crippen LogP contribution in [0.2, 0.25) is 10.0 Å².